The zero-order chi connectivity index (χ0) is 12.4. The fourth-order valence-electron chi connectivity index (χ4n) is 1.59. The lowest BCUT2D eigenvalue weighted by molar-refractivity contribution is 0.247. The maximum Gasteiger partial charge on any atom is 0.295 e. The van der Waals surface area contributed by atoms with Crippen molar-refractivity contribution in [2.24, 2.45) is 5.92 Å². The van der Waals surface area contributed by atoms with Crippen molar-refractivity contribution in [3.63, 3.8) is 0 Å². The van der Waals surface area contributed by atoms with E-state index < -0.39 is 0 Å². The molecular formula is C12H17N3O2. The third kappa shape index (κ3) is 2.50. The van der Waals surface area contributed by atoms with E-state index in [1.807, 2.05) is 13.8 Å². The summed E-state index contributed by atoms with van der Waals surface area (Å²) >= 11 is 0. The second kappa shape index (κ2) is 4.63. The average Bonchev–Trinajstić information content (AvgIpc) is 2.66. The van der Waals surface area contributed by atoms with E-state index >= 15 is 0 Å². The van der Waals surface area contributed by atoms with Gasteiger partial charge in [-0.2, -0.15) is 4.98 Å². The molecule has 2 aromatic rings. The first-order valence-electron chi connectivity index (χ1n) is 5.63. The first-order valence-corrected chi connectivity index (χ1v) is 5.63. The molecule has 0 aliphatic carbocycles. The van der Waals surface area contributed by atoms with Gasteiger partial charge in [-0.25, -0.2) is 0 Å². The molecule has 0 aliphatic rings. The van der Waals surface area contributed by atoms with Gasteiger partial charge in [0.2, 0.25) is 0 Å². The zero-order valence-electron chi connectivity index (χ0n) is 9.97. The number of oxazole rings is 1. The van der Waals surface area contributed by atoms with Crippen LogP contribution in [0.1, 0.15) is 13.8 Å². The van der Waals surface area contributed by atoms with Gasteiger partial charge in [0.15, 0.2) is 5.58 Å². The fourth-order valence-corrected chi connectivity index (χ4v) is 1.59. The molecule has 0 radical (unpaired) electrons. The summed E-state index contributed by atoms with van der Waals surface area (Å²) in [5, 5.41) is 12.3. The fraction of sp³-hybridized carbons (Fsp3) is 0.417. The van der Waals surface area contributed by atoms with Gasteiger partial charge in [-0.15, -0.1) is 0 Å². The van der Waals surface area contributed by atoms with Gasteiger partial charge in [-0.1, -0.05) is 13.8 Å². The van der Waals surface area contributed by atoms with Gasteiger partial charge in [0, 0.05) is 5.69 Å². The Bertz CT molecular complexity index is 507. The molecule has 5 nitrogen and oxygen atoms in total. The molecule has 0 saturated carbocycles. The van der Waals surface area contributed by atoms with Gasteiger partial charge in [-0.3, -0.25) is 0 Å². The first kappa shape index (κ1) is 11.7. The normalized spacial score (nSPS) is 13.2. The van der Waals surface area contributed by atoms with Crippen LogP contribution in [-0.2, 0) is 0 Å². The van der Waals surface area contributed by atoms with Crippen molar-refractivity contribution in [3.8, 4) is 0 Å². The SMILES string of the molecule is CC(C)C(CO)Nc1nc2cc(N)ccc2o1. The van der Waals surface area contributed by atoms with Gasteiger partial charge in [0.25, 0.3) is 6.01 Å². The molecule has 1 unspecified atom stereocenters. The minimum absolute atomic E-state index is 0.0402. The predicted octanol–water partition coefficient (Wildman–Crippen LogP) is 1.84. The number of nitrogen functional groups attached to an aromatic ring is 1. The number of aromatic nitrogens is 1. The quantitative estimate of drug-likeness (QED) is 0.704. The van der Waals surface area contributed by atoms with Crippen LogP contribution in [0.25, 0.3) is 11.1 Å². The topological polar surface area (TPSA) is 84.3 Å². The molecule has 0 bridgehead atoms. The molecule has 4 N–H and O–H groups in total. The Balaban J connectivity index is 2.24. The molecule has 5 heteroatoms. The van der Waals surface area contributed by atoms with Crippen LogP contribution in [0.4, 0.5) is 11.7 Å². The van der Waals surface area contributed by atoms with E-state index in [1.165, 1.54) is 0 Å². The number of fused-ring (bicyclic) bond motifs is 1. The highest BCUT2D eigenvalue weighted by molar-refractivity contribution is 5.78. The molecule has 0 fully saturated rings. The van der Waals surface area contributed by atoms with E-state index in [0.717, 1.165) is 0 Å². The summed E-state index contributed by atoms with van der Waals surface area (Å²) in [6, 6.07) is 5.65. The Morgan fingerprint density at radius 2 is 2.24 bits per heavy atom. The van der Waals surface area contributed by atoms with E-state index in [4.69, 9.17) is 10.2 Å². The second-order valence-corrected chi connectivity index (χ2v) is 4.42. The van der Waals surface area contributed by atoms with Crippen LogP contribution in [0.2, 0.25) is 0 Å². The van der Waals surface area contributed by atoms with Gasteiger partial charge in [-0.05, 0) is 24.1 Å². The van der Waals surface area contributed by atoms with Crippen LogP contribution in [0.15, 0.2) is 22.6 Å². The highest BCUT2D eigenvalue weighted by Crippen LogP contribution is 2.22. The largest absolute Gasteiger partial charge is 0.424 e. The highest BCUT2D eigenvalue weighted by Gasteiger charge is 2.15. The van der Waals surface area contributed by atoms with Crippen molar-refractivity contribution in [1.82, 2.24) is 4.98 Å². The van der Waals surface area contributed by atoms with Crippen LogP contribution < -0.4 is 11.1 Å². The molecule has 2 rings (SSSR count). The summed E-state index contributed by atoms with van der Waals surface area (Å²) in [7, 11) is 0. The highest BCUT2D eigenvalue weighted by atomic mass is 16.4. The second-order valence-electron chi connectivity index (χ2n) is 4.42. The minimum Gasteiger partial charge on any atom is -0.424 e. The summed E-state index contributed by atoms with van der Waals surface area (Å²) < 4.78 is 5.52. The van der Waals surface area contributed by atoms with E-state index in [0.29, 0.717) is 28.7 Å². The molecule has 17 heavy (non-hydrogen) atoms. The zero-order valence-corrected chi connectivity index (χ0v) is 9.97. The van der Waals surface area contributed by atoms with Crippen molar-refractivity contribution in [2.45, 2.75) is 19.9 Å². The minimum atomic E-state index is -0.0691. The van der Waals surface area contributed by atoms with Gasteiger partial charge < -0.3 is 20.6 Å². The van der Waals surface area contributed by atoms with Gasteiger partial charge in [0.05, 0.1) is 12.6 Å². The lowest BCUT2D eigenvalue weighted by Crippen LogP contribution is -2.29. The van der Waals surface area contributed by atoms with E-state index in [1.54, 1.807) is 18.2 Å². The number of hydrogen-bond acceptors (Lipinski definition) is 5. The van der Waals surface area contributed by atoms with Crippen molar-refractivity contribution in [3.05, 3.63) is 18.2 Å². The number of aliphatic hydroxyl groups is 1. The molecule has 0 spiro atoms. The Kier molecular flexibility index (Phi) is 3.19. The van der Waals surface area contributed by atoms with E-state index in [9.17, 15) is 5.11 Å². The van der Waals surface area contributed by atoms with Gasteiger partial charge in [0.1, 0.15) is 5.52 Å². The predicted molar refractivity (Wildman–Crippen MR) is 67.8 cm³/mol. The Labute approximate surface area is 99.6 Å². The summed E-state index contributed by atoms with van der Waals surface area (Å²) in [5.74, 6) is 0.292. The number of benzene rings is 1. The Morgan fingerprint density at radius 3 is 2.88 bits per heavy atom. The molecular weight excluding hydrogens is 218 g/mol. The number of nitrogens with two attached hydrogens (primary N) is 1. The summed E-state index contributed by atoms with van der Waals surface area (Å²) in [5.41, 5.74) is 7.72. The monoisotopic (exact) mass is 235 g/mol. The molecule has 1 aromatic heterocycles. The number of hydrogen-bond donors (Lipinski definition) is 3. The molecule has 0 saturated heterocycles. The lowest BCUT2D eigenvalue weighted by Gasteiger charge is -2.18. The first-order chi connectivity index (χ1) is 8.10. The Hall–Kier alpha value is -1.75. The van der Waals surface area contributed by atoms with E-state index in [2.05, 4.69) is 10.3 Å². The summed E-state index contributed by atoms with van der Waals surface area (Å²) in [4.78, 5) is 4.27. The van der Waals surface area contributed by atoms with Crippen LogP contribution in [0.3, 0.4) is 0 Å². The van der Waals surface area contributed by atoms with Crippen LogP contribution in [-0.4, -0.2) is 22.7 Å². The molecule has 0 amide bonds. The molecule has 1 aromatic carbocycles. The molecule has 1 atom stereocenters. The van der Waals surface area contributed by atoms with Crippen LogP contribution >= 0.6 is 0 Å². The molecule has 92 valence electrons. The molecule has 1 heterocycles. The van der Waals surface area contributed by atoms with Crippen LogP contribution in [0, 0.1) is 5.92 Å². The smallest absolute Gasteiger partial charge is 0.295 e. The van der Waals surface area contributed by atoms with E-state index in [-0.39, 0.29) is 12.6 Å². The van der Waals surface area contributed by atoms with Crippen molar-refractivity contribution in [1.29, 1.82) is 0 Å². The summed E-state index contributed by atoms with van der Waals surface area (Å²) in [6.07, 6.45) is 0. The number of nitrogens with one attached hydrogen (secondary N) is 1. The van der Waals surface area contributed by atoms with Crippen molar-refractivity contribution < 1.29 is 9.52 Å². The molecule has 0 aliphatic heterocycles. The van der Waals surface area contributed by atoms with Crippen molar-refractivity contribution in [2.75, 3.05) is 17.7 Å². The maximum absolute atomic E-state index is 9.22. The lowest BCUT2D eigenvalue weighted by atomic mass is 10.1. The maximum atomic E-state index is 9.22. The number of aliphatic hydroxyl groups excluding tert-OH is 1. The number of rotatable bonds is 4. The summed E-state index contributed by atoms with van der Waals surface area (Å²) in [6.45, 7) is 4.08. The number of anilines is 2. The standard InChI is InChI=1S/C12H17N3O2/c1-7(2)10(6-16)15-12-14-9-5-8(13)3-4-11(9)17-12/h3-5,7,10,16H,6,13H2,1-2H3,(H,14,15). The third-order valence-corrected chi connectivity index (χ3v) is 2.72. The van der Waals surface area contributed by atoms with Gasteiger partial charge >= 0.3 is 0 Å². The van der Waals surface area contributed by atoms with Crippen LogP contribution in [0.5, 0.6) is 0 Å². The third-order valence-electron chi connectivity index (χ3n) is 2.72. The van der Waals surface area contributed by atoms with Crippen molar-refractivity contribution >= 4 is 22.8 Å². The number of nitrogens with zero attached hydrogens (tertiary/aromatic N) is 1. The average molecular weight is 235 g/mol. The Morgan fingerprint density at radius 1 is 1.47 bits per heavy atom.